The van der Waals surface area contributed by atoms with Gasteiger partial charge in [0.05, 0.1) is 16.7 Å². The summed E-state index contributed by atoms with van der Waals surface area (Å²) in [6.45, 7) is 5.91. The molecule has 0 bridgehead atoms. The second-order valence-electron chi connectivity index (χ2n) is 10.1. The molecule has 2 heterocycles. The van der Waals surface area contributed by atoms with Gasteiger partial charge in [-0.3, -0.25) is 4.57 Å². The number of fused-ring (bicyclic) bond motifs is 2. The van der Waals surface area contributed by atoms with Gasteiger partial charge in [0.25, 0.3) is 0 Å². The first-order valence-electron chi connectivity index (χ1n) is 13.4. The molecule has 4 heteroatoms. The highest BCUT2D eigenvalue weighted by Crippen LogP contribution is 2.49. The Bertz CT molecular complexity index is 2000. The second-order valence-corrected chi connectivity index (χ2v) is 12.8. The van der Waals surface area contributed by atoms with Gasteiger partial charge in [-0.1, -0.05) is 110 Å². The summed E-state index contributed by atoms with van der Waals surface area (Å²) in [6, 6.07) is 39.0. The predicted molar refractivity (Wildman–Crippen MR) is 169 cm³/mol. The molecule has 1 atom stereocenters. The van der Waals surface area contributed by atoms with E-state index < -0.39 is 7.14 Å². The van der Waals surface area contributed by atoms with Crippen LogP contribution < -0.4 is 15.9 Å². The number of rotatable bonds is 5. The fourth-order valence-corrected chi connectivity index (χ4v) is 8.75. The zero-order valence-corrected chi connectivity index (χ0v) is 23.1. The van der Waals surface area contributed by atoms with E-state index in [1.807, 2.05) is 72.8 Å². The van der Waals surface area contributed by atoms with Crippen LogP contribution in [0.4, 0.5) is 0 Å². The lowest BCUT2D eigenvalue weighted by Gasteiger charge is -2.29. The minimum atomic E-state index is -3.08. The molecule has 6 aromatic rings. The van der Waals surface area contributed by atoms with Crippen molar-refractivity contribution in [1.29, 1.82) is 0 Å². The first-order chi connectivity index (χ1) is 19.6. The Hall–Kier alpha value is -4.72. The molecule has 40 heavy (non-hydrogen) atoms. The van der Waals surface area contributed by atoms with Crippen LogP contribution in [0.15, 0.2) is 134 Å². The summed E-state index contributed by atoms with van der Waals surface area (Å²) in [5, 5.41) is 2.52. The third kappa shape index (κ3) is 3.66. The van der Waals surface area contributed by atoms with Crippen molar-refractivity contribution in [3.63, 3.8) is 0 Å². The fraction of sp³-hybridized carbons (Fsp3) is 0.0278. The number of para-hydroxylation sites is 2. The Balaban J connectivity index is 1.40. The van der Waals surface area contributed by atoms with Crippen LogP contribution in [0, 0.1) is 6.92 Å². The molecule has 1 aliphatic heterocycles. The van der Waals surface area contributed by atoms with Crippen molar-refractivity contribution in [1.82, 2.24) is 9.55 Å². The van der Waals surface area contributed by atoms with E-state index in [2.05, 4.69) is 72.7 Å². The van der Waals surface area contributed by atoms with E-state index in [-0.39, 0.29) is 0 Å². The minimum Gasteiger partial charge on any atom is -0.308 e. The van der Waals surface area contributed by atoms with Crippen LogP contribution in [0.3, 0.4) is 0 Å². The summed E-state index contributed by atoms with van der Waals surface area (Å²) in [4.78, 5) is 5.10. The van der Waals surface area contributed by atoms with Crippen LogP contribution in [0.5, 0.6) is 0 Å². The van der Waals surface area contributed by atoms with Crippen molar-refractivity contribution in [2.75, 3.05) is 0 Å². The maximum absolute atomic E-state index is 15.1. The SMILES string of the molecule is C=C/C=C\c1cc(-c2ccc(-c3nc4cccc5c4n3-c3ccccc3P5(=O)c3ccccc3)cc2)ccc1C. The van der Waals surface area contributed by atoms with Crippen molar-refractivity contribution in [3.8, 4) is 28.2 Å². The first-order valence-corrected chi connectivity index (χ1v) is 15.1. The fourth-order valence-electron chi connectivity index (χ4n) is 5.74. The Morgan fingerprint density at radius 3 is 2.25 bits per heavy atom. The van der Waals surface area contributed by atoms with Crippen LogP contribution in [0.2, 0.25) is 0 Å². The smallest absolute Gasteiger partial charge is 0.175 e. The van der Waals surface area contributed by atoms with Gasteiger partial charge in [-0.15, -0.1) is 0 Å². The van der Waals surface area contributed by atoms with Gasteiger partial charge < -0.3 is 4.57 Å². The predicted octanol–water partition coefficient (Wildman–Crippen LogP) is 7.82. The van der Waals surface area contributed by atoms with Gasteiger partial charge in [0.1, 0.15) is 5.82 Å². The van der Waals surface area contributed by atoms with Crippen molar-refractivity contribution in [3.05, 3.63) is 145 Å². The molecule has 3 nitrogen and oxygen atoms in total. The van der Waals surface area contributed by atoms with Crippen molar-refractivity contribution < 1.29 is 4.57 Å². The molecule has 7 rings (SSSR count). The Kier molecular flexibility index (Phi) is 5.77. The molecular weight excluding hydrogens is 507 g/mol. The zero-order chi connectivity index (χ0) is 27.3. The number of hydrogen-bond acceptors (Lipinski definition) is 2. The first kappa shape index (κ1) is 24.3. The van der Waals surface area contributed by atoms with E-state index in [0.717, 1.165) is 55.1 Å². The maximum Gasteiger partial charge on any atom is 0.175 e. The van der Waals surface area contributed by atoms with Crippen LogP contribution in [-0.2, 0) is 4.57 Å². The van der Waals surface area contributed by atoms with Gasteiger partial charge >= 0.3 is 0 Å². The molecule has 0 N–H and O–H groups in total. The summed E-state index contributed by atoms with van der Waals surface area (Å²) in [7, 11) is -3.08. The van der Waals surface area contributed by atoms with Crippen LogP contribution >= 0.6 is 7.14 Å². The van der Waals surface area contributed by atoms with Gasteiger partial charge in [-0.2, -0.15) is 0 Å². The van der Waals surface area contributed by atoms with Gasteiger partial charge in [0.15, 0.2) is 7.14 Å². The average molecular weight is 535 g/mol. The van der Waals surface area contributed by atoms with Crippen molar-refractivity contribution >= 4 is 40.2 Å². The van der Waals surface area contributed by atoms with Crippen LogP contribution in [0.25, 0.3) is 45.3 Å². The summed E-state index contributed by atoms with van der Waals surface area (Å²) < 4.78 is 17.3. The topological polar surface area (TPSA) is 34.9 Å². The largest absolute Gasteiger partial charge is 0.308 e. The number of aromatic nitrogens is 2. The van der Waals surface area contributed by atoms with Crippen LogP contribution in [0.1, 0.15) is 11.1 Å². The lowest BCUT2D eigenvalue weighted by molar-refractivity contribution is 0.592. The third-order valence-electron chi connectivity index (χ3n) is 7.74. The molecule has 5 aromatic carbocycles. The van der Waals surface area contributed by atoms with E-state index in [1.54, 1.807) is 6.08 Å². The highest BCUT2D eigenvalue weighted by molar-refractivity contribution is 7.86. The van der Waals surface area contributed by atoms with Crippen molar-refractivity contribution in [2.45, 2.75) is 6.92 Å². The van der Waals surface area contributed by atoms with E-state index in [0.29, 0.717) is 0 Å². The normalized spacial score (nSPS) is 15.8. The van der Waals surface area contributed by atoms with Gasteiger partial charge in [0.2, 0.25) is 0 Å². The summed E-state index contributed by atoms with van der Waals surface area (Å²) in [5.74, 6) is 0.847. The molecule has 0 aliphatic carbocycles. The molecule has 1 aliphatic rings. The molecule has 192 valence electrons. The maximum atomic E-state index is 15.1. The third-order valence-corrected chi connectivity index (χ3v) is 10.9. The van der Waals surface area contributed by atoms with Crippen LogP contribution in [-0.4, -0.2) is 9.55 Å². The number of nitrogens with zero attached hydrogens (tertiary/aromatic N) is 2. The van der Waals surface area contributed by atoms with Gasteiger partial charge in [-0.25, -0.2) is 4.98 Å². The van der Waals surface area contributed by atoms with Gasteiger partial charge in [-0.05, 0) is 59.5 Å². The molecule has 1 aromatic heterocycles. The number of imidazole rings is 1. The highest BCUT2D eigenvalue weighted by atomic mass is 31.2. The second kappa shape index (κ2) is 9.48. The van der Waals surface area contributed by atoms with Gasteiger partial charge in [0, 0.05) is 21.5 Å². The monoisotopic (exact) mass is 534 g/mol. The molecule has 0 saturated carbocycles. The standard InChI is InChI=1S/C36H27N2OP/c1-3-4-11-28-24-29(19-18-25(28)2)26-20-22-27(23-21-26)36-37-31-14-10-17-34-35(31)38(36)32-15-8-9-16-33(32)40(34,39)30-12-6-5-7-13-30/h3-24H,1H2,2H3/b11-4-. The molecule has 0 spiro atoms. The summed E-state index contributed by atoms with van der Waals surface area (Å²) >= 11 is 0. The number of aryl methyl sites for hydroxylation is 1. The number of benzene rings is 5. The number of hydrogen-bond donors (Lipinski definition) is 0. The Labute approximate surface area is 234 Å². The molecule has 0 radical (unpaired) electrons. The molecule has 0 amide bonds. The molecule has 0 fully saturated rings. The summed E-state index contributed by atoms with van der Waals surface area (Å²) in [5.41, 5.74) is 8.40. The zero-order valence-electron chi connectivity index (χ0n) is 22.2. The molecular formula is C36H27N2OP. The van der Waals surface area contributed by atoms with E-state index in [9.17, 15) is 0 Å². The van der Waals surface area contributed by atoms with E-state index in [4.69, 9.17) is 4.98 Å². The lowest BCUT2D eigenvalue weighted by Crippen LogP contribution is -2.32. The average Bonchev–Trinajstić information content (AvgIpc) is 3.40. The number of allylic oxidation sites excluding steroid dienone is 2. The quantitative estimate of drug-likeness (QED) is 0.167. The Morgan fingerprint density at radius 1 is 0.750 bits per heavy atom. The Morgan fingerprint density at radius 2 is 1.45 bits per heavy atom. The molecule has 0 saturated heterocycles. The lowest BCUT2D eigenvalue weighted by atomic mass is 9.98. The minimum absolute atomic E-state index is 0.838. The summed E-state index contributed by atoms with van der Waals surface area (Å²) in [6.07, 6.45) is 5.85. The van der Waals surface area contributed by atoms with Crippen molar-refractivity contribution in [2.24, 2.45) is 0 Å². The highest BCUT2D eigenvalue weighted by Gasteiger charge is 2.39. The van der Waals surface area contributed by atoms with E-state index >= 15 is 4.57 Å². The van der Waals surface area contributed by atoms with E-state index in [1.165, 1.54) is 11.1 Å². The molecule has 1 unspecified atom stereocenters.